The van der Waals surface area contributed by atoms with Crippen molar-refractivity contribution in [1.82, 2.24) is 4.98 Å². The molecule has 24 heavy (non-hydrogen) atoms. The topological polar surface area (TPSA) is 36.4 Å². The van der Waals surface area contributed by atoms with Gasteiger partial charge in [0, 0.05) is 43.6 Å². The third kappa shape index (κ3) is 3.34. The fraction of sp³-hybridized carbons (Fsp3) is 0.294. The Kier molecular flexibility index (Phi) is 4.42. The van der Waals surface area contributed by atoms with Crippen molar-refractivity contribution in [3.63, 3.8) is 0 Å². The average molecular weight is 335 g/mol. The van der Waals surface area contributed by atoms with Crippen molar-refractivity contribution < 1.29 is 18.0 Å². The maximum Gasteiger partial charge on any atom is 0.419 e. The van der Waals surface area contributed by atoms with E-state index in [0.717, 1.165) is 18.0 Å². The molecule has 2 aromatic rings. The lowest BCUT2D eigenvalue weighted by Gasteiger charge is -2.37. The van der Waals surface area contributed by atoms with E-state index in [1.165, 1.54) is 12.3 Å². The Hall–Kier alpha value is -2.57. The molecule has 0 spiro atoms. The summed E-state index contributed by atoms with van der Waals surface area (Å²) in [6.45, 7) is 2.09. The van der Waals surface area contributed by atoms with Crippen LogP contribution in [0.1, 0.15) is 15.9 Å². The lowest BCUT2D eigenvalue weighted by molar-refractivity contribution is -0.137. The standard InChI is InChI=1S/C17H16F3N3O/c18-17(19,20)15-2-1-7-21-16(15)23-10-8-22(9-11-23)14-5-3-13(12-24)4-6-14/h1-7,12H,8-11H2. The molecule has 1 fully saturated rings. The molecule has 126 valence electrons. The molecule has 1 aromatic heterocycles. The molecule has 0 unspecified atom stereocenters. The van der Waals surface area contributed by atoms with Crippen molar-refractivity contribution in [3.05, 3.63) is 53.7 Å². The molecule has 0 amide bonds. The lowest BCUT2D eigenvalue weighted by Crippen LogP contribution is -2.47. The molecule has 0 bridgehead atoms. The molecule has 0 atom stereocenters. The summed E-state index contributed by atoms with van der Waals surface area (Å²) in [6, 6.07) is 9.52. The number of rotatable bonds is 3. The number of piperazine rings is 1. The maximum absolute atomic E-state index is 13.1. The highest BCUT2D eigenvalue weighted by Crippen LogP contribution is 2.35. The normalized spacial score (nSPS) is 15.5. The fourth-order valence-electron chi connectivity index (χ4n) is 2.81. The molecule has 1 aromatic carbocycles. The molecule has 3 rings (SSSR count). The van der Waals surface area contributed by atoms with Gasteiger partial charge < -0.3 is 9.80 Å². The van der Waals surface area contributed by atoms with Crippen LogP contribution in [-0.2, 0) is 6.18 Å². The van der Waals surface area contributed by atoms with E-state index in [2.05, 4.69) is 9.88 Å². The molecule has 0 aliphatic carbocycles. The maximum atomic E-state index is 13.1. The molecular weight excluding hydrogens is 319 g/mol. The van der Waals surface area contributed by atoms with Crippen molar-refractivity contribution in [1.29, 1.82) is 0 Å². The molecule has 7 heteroatoms. The monoisotopic (exact) mass is 335 g/mol. The highest BCUT2D eigenvalue weighted by atomic mass is 19.4. The predicted octanol–water partition coefficient (Wildman–Crippen LogP) is 3.24. The van der Waals surface area contributed by atoms with Gasteiger partial charge in [-0.3, -0.25) is 4.79 Å². The molecule has 2 heterocycles. The number of aromatic nitrogens is 1. The van der Waals surface area contributed by atoms with Crippen molar-refractivity contribution in [2.24, 2.45) is 0 Å². The SMILES string of the molecule is O=Cc1ccc(N2CCN(c3ncccc3C(F)(F)F)CC2)cc1. The van der Waals surface area contributed by atoms with Crippen LogP contribution in [0.15, 0.2) is 42.6 Å². The number of anilines is 2. The third-order valence-electron chi connectivity index (χ3n) is 4.07. The van der Waals surface area contributed by atoms with E-state index in [0.29, 0.717) is 31.7 Å². The highest BCUT2D eigenvalue weighted by molar-refractivity contribution is 5.75. The summed E-state index contributed by atoms with van der Waals surface area (Å²) in [5, 5.41) is 0. The summed E-state index contributed by atoms with van der Waals surface area (Å²) >= 11 is 0. The quantitative estimate of drug-likeness (QED) is 0.807. The van der Waals surface area contributed by atoms with E-state index >= 15 is 0 Å². The number of benzene rings is 1. The molecule has 0 radical (unpaired) electrons. The van der Waals surface area contributed by atoms with Gasteiger partial charge in [0.15, 0.2) is 0 Å². The Bertz CT molecular complexity index is 708. The van der Waals surface area contributed by atoms with Gasteiger partial charge in [-0.15, -0.1) is 0 Å². The third-order valence-corrected chi connectivity index (χ3v) is 4.07. The van der Waals surface area contributed by atoms with Gasteiger partial charge in [0.05, 0.1) is 5.56 Å². The predicted molar refractivity (Wildman–Crippen MR) is 85.5 cm³/mol. The number of carbonyl (C=O) groups excluding carboxylic acids is 1. The van der Waals surface area contributed by atoms with Gasteiger partial charge in [-0.1, -0.05) is 0 Å². The summed E-state index contributed by atoms with van der Waals surface area (Å²) in [5.41, 5.74) is 0.854. The van der Waals surface area contributed by atoms with Crippen molar-refractivity contribution in [2.75, 3.05) is 36.0 Å². The largest absolute Gasteiger partial charge is 0.419 e. The Morgan fingerprint density at radius 1 is 0.958 bits per heavy atom. The van der Waals surface area contributed by atoms with E-state index < -0.39 is 11.7 Å². The van der Waals surface area contributed by atoms with Crippen LogP contribution in [0.4, 0.5) is 24.7 Å². The second-order valence-electron chi connectivity index (χ2n) is 5.56. The first kappa shape index (κ1) is 16.3. The number of hydrogen-bond donors (Lipinski definition) is 0. The zero-order valence-electron chi connectivity index (χ0n) is 12.8. The van der Waals surface area contributed by atoms with Crippen LogP contribution in [0.25, 0.3) is 0 Å². The van der Waals surface area contributed by atoms with E-state index in [4.69, 9.17) is 0 Å². The number of hydrogen-bond acceptors (Lipinski definition) is 4. The fourth-order valence-corrected chi connectivity index (χ4v) is 2.81. The average Bonchev–Trinajstić information content (AvgIpc) is 2.61. The lowest BCUT2D eigenvalue weighted by atomic mass is 10.1. The van der Waals surface area contributed by atoms with Gasteiger partial charge in [0.25, 0.3) is 0 Å². The van der Waals surface area contributed by atoms with E-state index in [1.54, 1.807) is 17.0 Å². The van der Waals surface area contributed by atoms with E-state index in [9.17, 15) is 18.0 Å². The number of carbonyl (C=O) groups is 1. The molecule has 4 nitrogen and oxygen atoms in total. The first-order valence-corrected chi connectivity index (χ1v) is 7.56. The van der Waals surface area contributed by atoms with Crippen molar-refractivity contribution in [3.8, 4) is 0 Å². The Labute approximate surface area is 137 Å². The Morgan fingerprint density at radius 2 is 1.58 bits per heavy atom. The van der Waals surface area contributed by atoms with Gasteiger partial charge in [0.2, 0.25) is 0 Å². The van der Waals surface area contributed by atoms with Crippen molar-refractivity contribution >= 4 is 17.8 Å². The van der Waals surface area contributed by atoms with Crippen LogP contribution in [0.3, 0.4) is 0 Å². The number of pyridine rings is 1. The zero-order valence-corrected chi connectivity index (χ0v) is 12.8. The zero-order chi connectivity index (χ0) is 17.2. The van der Waals surface area contributed by atoms with Gasteiger partial charge >= 0.3 is 6.18 Å². The van der Waals surface area contributed by atoms with Gasteiger partial charge in [-0.05, 0) is 36.4 Å². The number of halogens is 3. The smallest absolute Gasteiger partial charge is 0.368 e. The first-order valence-electron chi connectivity index (χ1n) is 7.56. The van der Waals surface area contributed by atoms with Crippen LogP contribution in [0.2, 0.25) is 0 Å². The summed E-state index contributed by atoms with van der Waals surface area (Å²) in [7, 11) is 0. The van der Waals surface area contributed by atoms with Crippen LogP contribution >= 0.6 is 0 Å². The van der Waals surface area contributed by atoms with Gasteiger partial charge in [-0.2, -0.15) is 13.2 Å². The number of nitrogens with zero attached hydrogens (tertiary/aromatic N) is 3. The minimum Gasteiger partial charge on any atom is -0.368 e. The van der Waals surface area contributed by atoms with Crippen LogP contribution in [0.5, 0.6) is 0 Å². The van der Waals surface area contributed by atoms with E-state index in [-0.39, 0.29) is 5.82 Å². The second-order valence-corrected chi connectivity index (χ2v) is 5.56. The van der Waals surface area contributed by atoms with Crippen LogP contribution < -0.4 is 9.80 Å². The van der Waals surface area contributed by atoms with Gasteiger partial charge in [0.1, 0.15) is 12.1 Å². The summed E-state index contributed by atoms with van der Waals surface area (Å²) < 4.78 is 39.3. The summed E-state index contributed by atoms with van der Waals surface area (Å²) in [5.74, 6) is -0.0130. The van der Waals surface area contributed by atoms with Gasteiger partial charge in [-0.25, -0.2) is 4.98 Å². The molecule has 0 N–H and O–H groups in total. The Balaban J connectivity index is 1.72. The summed E-state index contributed by atoms with van der Waals surface area (Å²) in [6.07, 6.45) is -2.25. The highest BCUT2D eigenvalue weighted by Gasteiger charge is 2.36. The summed E-state index contributed by atoms with van der Waals surface area (Å²) in [4.78, 5) is 18.4. The van der Waals surface area contributed by atoms with Crippen molar-refractivity contribution in [2.45, 2.75) is 6.18 Å². The minimum atomic E-state index is -4.41. The molecular formula is C17H16F3N3O. The second kappa shape index (κ2) is 6.51. The first-order chi connectivity index (χ1) is 11.5. The Morgan fingerprint density at radius 3 is 2.17 bits per heavy atom. The number of alkyl halides is 3. The molecule has 0 saturated carbocycles. The van der Waals surface area contributed by atoms with E-state index in [1.807, 2.05) is 12.1 Å². The molecule has 1 saturated heterocycles. The molecule has 1 aliphatic rings. The minimum absolute atomic E-state index is 0.0130. The van der Waals surface area contributed by atoms with Crippen LogP contribution in [0, 0.1) is 0 Å². The number of aldehydes is 1. The van der Waals surface area contributed by atoms with Crippen LogP contribution in [-0.4, -0.2) is 37.4 Å². The molecule has 1 aliphatic heterocycles.